The number of hydrogen-bond donors (Lipinski definition) is 0. The van der Waals surface area contributed by atoms with Crippen LogP contribution in [0.15, 0.2) is 78.2 Å². The minimum Gasteiger partial charge on any atom is -0.369 e. The molecule has 6 nitrogen and oxygen atoms in total. The van der Waals surface area contributed by atoms with Crippen LogP contribution in [0.2, 0.25) is 0 Å². The van der Waals surface area contributed by atoms with Gasteiger partial charge in [0.2, 0.25) is 0 Å². The molecular formula is C23H24N6S. The second kappa shape index (κ2) is 8.77. The molecule has 7 heteroatoms. The van der Waals surface area contributed by atoms with Gasteiger partial charge in [-0.3, -0.25) is 4.90 Å². The molecular weight excluding hydrogens is 392 g/mol. The van der Waals surface area contributed by atoms with Crippen LogP contribution in [0.5, 0.6) is 0 Å². The van der Waals surface area contributed by atoms with Crippen LogP contribution in [0.1, 0.15) is 22.3 Å². The standard InChI is InChI=1S/C23H24N6S/c1-3-8-19(9-4-1)22(23-24-25-26-29(23)18-21-12-7-17-30-21)28-15-13-27(14-16-28)20-10-5-2-6-11-20/h1-12,17,22H,13-16,18H2/t22-/m1/s1. The summed E-state index contributed by atoms with van der Waals surface area (Å²) in [6, 6.07) is 25.5. The van der Waals surface area contributed by atoms with Gasteiger partial charge in [0.1, 0.15) is 0 Å². The summed E-state index contributed by atoms with van der Waals surface area (Å²) in [7, 11) is 0. The third-order valence-electron chi connectivity index (χ3n) is 5.61. The predicted molar refractivity (Wildman–Crippen MR) is 120 cm³/mol. The molecule has 0 bridgehead atoms. The molecule has 0 spiro atoms. The number of benzene rings is 2. The van der Waals surface area contributed by atoms with Crippen LogP contribution in [-0.2, 0) is 6.54 Å². The van der Waals surface area contributed by atoms with Gasteiger partial charge < -0.3 is 4.90 Å². The zero-order valence-corrected chi connectivity index (χ0v) is 17.5. The van der Waals surface area contributed by atoms with E-state index >= 15 is 0 Å². The monoisotopic (exact) mass is 416 g/mol. The van der Waals surface area contributed by atoms with Crippen molar-refractivity contribution in [3.05, 3.63) is 94.4 Å². The second-order valence-electron chi connectivity index (χ2n) is 7.45. The summed E-state index contributed by atoms with van der Waals surface area (Å²) < 4.78 is 1.95. The molecule has 0 aliphatic carbocycles. The molecule has 1 aliphatic rings. The molecule has 2 aromatic carbocycles. The van der Waals surface area contributed by atoms with Crippen molar-refractivity contribution in [3.63, 3.8) is 0 Å². The first-order chi connectivity index (χ1) is 14.9. The Morgan fingerprint density at radius 3 is 2.27 bits per heavy atom. The Bertz CT molecular complexity index is 1040. The Morgan fingerprint density at radius 1 is 0.833 bits per heavy atom. The molecule has 1 saturated heterocycles. The highest BCUT2D eigenvalue weighted by atomic mass is 32.1. The normalized spacial score (nSPS) is 15.9. The molecule has 30 heavy (non-hydrogen) atoms. The summed E-state index contributed by atoms with van der Waals surface area (Å²) in [5, 5.41) is 14.9. The second-order valence-corrected chi connectivity index (χ2v) is 8.48. The lowest BCUT2D eigenvalue weighted by Crippen LogP contribution is -2.48. The number of para-hydroxylation sites is 1. The lowest BCUT2D eigenvalue weighted by atomic mass is 10.0. The molecule has 3 heterocycles. The zero-order valence-electron chi connectivity index (χ0n) is 16.7. The minimum absolute atomic E-state index is 0.0408. The van der Waals surface area contributed by atoms with Crippen molar-refractivity contribution in [3.8, 4) is 0 Å². The number of nitrogens with zero attached hydrogens (tertiary/aromatic N) is 6. The van der Waals surface area contributed by atoms with E-state index in [1.807, 2.05) is 4.68 Å². The van der Waals surface area contributed by atoms with Crippen molar-refractivity contribution >= 4 is 17.0 Å². The molecule has 152 valence electrons. The summed E-state index contributed by atoms with van der Waals surface area (Å²) in [5.41, 5.74) is 2.52. The SMILES string of the molecule is c1ccc([C@H](c2nnnn2Cc2cccs2)N2CCN(c3ccccc3)CC2)cc1. The van der Waals surface area contributed by atoms with E-state index in [1.165, 1.54) is 16.1 Å². The van der Waals surface area contributed by atoms with E-state index in [0.29, 0.717) is 6.54 Å². The lowest BCUT2D eigenvalue weighted by molar-refractivity contribution is 0.201. The average Bonchev–Trinajstić information content (AvgIpc) is 3.49. The number of hydrogen-bond acceptors (Lipinski definition) is 6. The fourth-order valence-corrected chi connectivity index (χ4v) is 4.79. The molecule has 0 radical (unpaired) electrons. The number of aromatic nitrogens is 4. The van der Waals surface area contributed by atoms with Gasteiger partial charge in [-0.2, -0.15) is 0 Å². The maximum atomic E-state index is 4.48. The van der Waals surface area contributed by atoms with Crippen LogP contribution in [0.25, 0.3) is 0 Å². The first-order valence-corrected chi connectivity index (χ1v) is 11.1. The fourth-order valence-electron chi connectivity index (χ4n) is 4.11. The van der Waals surface area contributed by atoms with Gasteiger partial charge in [-0.25, -0.2) is 4.68 Å². The molecule has 0 amide bonds. The van der Waals surface area contributed by atoms with Gasteiger partial charge in [0.05, 0.1) is 12.6 Å². The molecule has 4 aromatic rings. The van der Waals surface area contributed by atoms with Gasteiger partial charge in [0.15, 0.2) is 5.82 Å². The minimum atomic E-state index is 0.0408. The molecule has 2 aromatic heterocycles. The third kappa shape index (κ3) is 3.99. The number of thiophene rings is 1. The zero-order chi connectivity index (χ0) is 20.2. The van der Waals surface area contributed by atoms with Gasteiger partial charge in [0, 0.05) is 36.7 Å². The number of anilines is 1. The third-order valence-corrected chi connectivity index (χ3v) is 6.47. The Hall–Kier alpha value is -3.03. The highest BCUT2D eigenvalue weighted by Crippen LogP contribution is 2.29. The van der Waals surface area contributed by atoms with E-state index < -0.39 is 0 Å². The summed E-state index contributed by atoms with van der Waals surface area (Å²) in [5.74, 6) is 0.905. The Balaban J connectivity index is 1.41. The highest BCUT2D eigenvalue weighted by molar-refractivity contribution is 7.09. The topological polar surface area (TPSA) is 50.1 Å². The Kier molecular flexibility index (Phi) is 5.54. The summed E-state index contributed by atoms with van der Waals surface area (Å²) in [4.78, 5) is 6.21. The molecule has 1 fully saturated rings. The van der Waals surface area contributed by atoms with E-state index in [4.69, 9.17) is 0 Å². The van der Waals surface area contributed by atoms with Crippen molar-refractivity contribution in [2.45, 2.75) is 12.6 Å². The van der Waals surface area contributed by atoms with E-state index in [0.717, 1.165) is 32.0 Å². The highest BCUT2D eigenvalue weighted by Gasteiger charge is 2.30. The maximum absolute atomic E-state index is 4.48. The quantitative estimate of drug-likeness (QED) is 0.480. The van der Waals surface area contributed by atoms with Crippen LogP contribution in [0.4, 0.5) is 5.69 Å². The largest absolute Gasteiger partial charge is 0.369 e. The van der Waals surface area contributed by atoms with Crippen LogP contribution in [0.3, 0.4) is 0 Å². The predicted octanol–water partition coefficient (Wildman–Crippen LogP) is 3.69. The lowest BCUT2D eigenvalue weighted by Gasteiger charge is -2.39. The summed E-state index contributed by atoms with van der Waals surface area (Å²) in [6.45, 7) is 4.59. The first-order valence-electron chi connectivity index (χ1n) is 10.3. The molecule has 0 unspecified atom stereocenters. The van der Waals surface area contributed by atoms with Crippen molar-refractivity contribution < 1.29 is 0 Å². The molecule has 1 aliphatic heterocycles. The number of rotatable bonds is 6. The Labute approximate surface area is 180 Å². The maximum Gasteiger partial charge on any atom is 0.173 e. The van der Waals surface area contributed by atoms with Gasteiger partial charge in [-0.05, 0) is 39.6 Å². The van der Waals surface area contributed by atoms with Crippen LogP contribution < -0.4 is 4.90 Å². The molecule has 1 atom stereocenters. The summed E-state index contributed by atoms with van der Waals surface area (Å²) >= 11 is 1.73. The summed E-state index contributed by atoms with van der Waals surface area (Å²) in [6.07, 6.45) is 0. The molecule has 0 saturated carbocycles. The number of tetrazole rings is 1. The number of piperazine rings is 1. The van der Waals surface area contributed by atoms with Crippen molar-refractivity contribution in [1.29, 1.82) is 0 Å². The first kappa shape index (κ1) is 19.0. The van der Waals surface area contributed by atoms with Crippen molar-refractivity contribution in [2.75, 3.05) is 31.1 Å². The van der Waals surface area contributed by atoms with Gasteiger partial charge >= 0.3 is 0 Å². The van der Waals surface area contributed by atoms with Crippen molar-refractivity contribution in [2.24, 2.45) is 0 Å². The van der Waals surface area contributed by atoms with Crippen molar-refractivity contribution in [1.82, 2.24) is 25.1 Å². The smallest absolute Gasteiger partial charge is 0.173 e. The fraction of sp³-hybridized carbons (Fsp3) is 0.261. The van der Waals surface area contributed by atoms with Crippen LogP contribution in [-0.4, -0.2) is 51.3 Å². The van der Waals surface area contributed by atoms with E-state index in [1.54, 1.807) is 11.3 Å². The molecule has 0 N–H and O–H groups in total. The Morgan fingerprint density at radius 2 is 1.57 bits per heavy atom. The average molecular weight is 417 g/mol. The van der Waals surface area contributed by atoms with Gasteiger partial charge in [-0.1, -0.05) is 54.6 Å². The van der Waals surface area contributed by atoms with Gasteiger partial charge in [-0.15, -0.1) is 16.4 Å². The van der Waals surface area contributed by atoms with Crippen LogP contribution in [0, 0.1) is 0 Å². The van der Waals surface area contributed by atoms with E-state index in [-0.39, 0.29) is 6.04 Å². The van der Waals surface area contributed by atoms with Gasteiger partial charge in [0.25, 0.3) is 0 Å². The van der Waals surface area contributed by atoms with E-state index in [9.17, 15) is 0 Å². The van der Waals surface area contributed by atoms with Crippen LogP contribution >= 0.6 is 11.3 Å². The van der Waals surface area contributed by atoms with E-state index in [2.05, 4.69) is 104 Å². The molecule has 5 rings (SSSR count).